The normalized spacial score (nSPS) is 10.6. The Balaban J connectivity index is 2.78. The molecular weight excluding hydrogens is 246 g/mol. The highest BCUT2D eigenvalue weighted by atomic mass is 16.4. The fourth-order valence-electron chi connectivity index (χ4n) is 1.94. The van der Waals surface area contributed by atoms with Crippen LogP contribution in [0.3, 0.4) is 0 Å². The third kappa shape index (κ3) is 2.29. The summed E-state index contributed by atoms with van der Waals surface area (Å²) in [5.74, 6) is -0.551. The van der Waals surface area contributed by atoms with Gasteiger partial charge in [0.1, 0.15) is 17.0 Å². The fourth-order valence-corrected chi connectivity index (χ4v) is 1.94. The van der Waals surface area contributed by atoms with Crippen LogP contribution in [0, 0.1) is 0 Å². The van der Waals surface area contributed by atoms with Gasteiger partial charge in [-0.15, -0.1) is 0 Å². The van der Waals surface area contributed by atoms with Crippen molar-refractivity contribution in [1.82, 2.24) is 9.55 Å². The largest absolute Gasteiger partial charge is 0.477 e. The molecule has 0 aromatic carbocycles. The Bertz CT molecular complexity index is 691. The van der Waals surface area contributed by atoms with E-state index in [4.69, 9.17) is 5.11 Å². The molecule has 0 atom stereocenters. The second-order valence-electron chi connectivity index (χ2n) is 4.06. The van der Waals surface area contributed by atoms with Crippen LogP contribution in [0.4, 0.5) is 5.82 Å². The maximum absolute atomic E-state index is 12.1. The maximum atomic E-state index is 12.1. The molecule has 2 aromatic rings. The molecule has 0 aliphatic carbocycles. The Hall–Kier alpha value is -2.37. The third-order valence-corrected chi connectivity index (χ3v) is 2.85. The minimum Gasteiger partial charge on any atom is -0.477 e. The lowest BCUT2D eigenvalue weighted by molar-refractivity contribution is 0.0695. The number of aromatic carboxylic acids is 1. The number of carboxylic acids is 1. The topological polar surface area (TPSA) is 84.2 Å². The highest BCUT2D eigenvalue weighted by Gasteiger charge is 2.14. The molecule has 6 heteroatoms. The van der Waals surface area contributed by atoms with Crippen LogP contribution < -0.4 is 10.7 Å². The summed E-state index contributed by atoms with van der Waals surface area (Å²) >= 11 is 0. The first-order chi connectivity index (χ1) is 9.08. The highest BCUT2D eigenvalue weighted by Crippen LogP contribution is 2.13. The van der Waals surface area contributed by atoms with Crippen molar-refractivity contribution in [2.24, 2.45) is 0 Å². The van der Waals surface area contributed by atoms with Gasteiger partial charge in [-0.05, 0) is 26.0 Å². The molecule has 0 fully saturated rings. The second kappa shape index (κ2) is 5.09. The molecule has 0 bridgehead atoms. The highest BCUT2D eigenvalue weighted by molar-refractivity contribution is 5.92. The van der Waals surface area contributed by atoms with E-state index >= 15 is 0 Å². The van der Waals surface area contributed by atoms with E-state index in [1.54, 1.807) is 16.7 Å². The summed E-state index contributed by atoms with van der Waals surface area (Å²) in [5, 5.41) is 12.4. The molecule has 0 unspecified atom stereocenters. The summed E-state index contributed by atoms with van der Waals surface area (Å²) < 4.78 is 1.67. The van der Waals surface area contributed by atoms with E-state index in [9.17, 15) is 9.59 Å². The number of carboxylic acid groups (broad SMARTS) is 1. The van der Waals surface area contributed by atoms with Crippen molar-refractivity contribution < 1.29 is 9.90 Å². The van der Waals surface area contributed by atoms with Crippen LogP contribution in [0.1, 0.15) is 24.2 Å². The molecule has 0 aliphatic heterocycles. The zero-order chi connectivity index (χ0) is 14.0. The van der Waals surface area contributed by atoms with E-state index in [0.717, 1.165) is 6.54 Å². The predicted molar refractivity (Wildman–Crippen MR) is 72.8 cm³/mol. The Morgan fingerprint density at radius 2 is 2.16 bits per heavy atom. The van der Waals surface area contributed by atoms with Gasteiger partial charge in [-0.2, -0.15) is 0 Å². The van der Waals surface area contributed by atoms with Crippen molar-refractivity contribution in [3.63, 3.8) is 0 Å². The van der Waals surface area contributed by atoms with Gasteiger partial charge < -0.3 is 15.0 Å². The van der Waals surface area contributed by atoms with E-state index in [0.29, 0.717) is 23.4 Å². The molecule has 2 aromatic heterocycles. The van der Waals surface area contributed by atoms with Crippen molar-refractivity contribution in [3.8, 4) is 0 Å². The third-order valence-electron chi connectivity index (χ3n) is 2.85. The van der Waals surface area contributed by atoms with Crippen LogP contribution in [0.15, 0.2) is 23.1 Å². The molecule has 0 spiro atoms. The number of hydrogen-bond donors (Lipinski definition) is 2. The molecule has 2 N–H and O–H groups in total. The van der Waals surface area contributed by atoms with Crippen molar-refractivity contribution in [2.45, 2.75) is 20.4 Å². The molecule has 0 saturated heterocycles. The summed E-state index contributed by atoms with van der Waals surface area (Å²) in [5.41, 5.74) is -0.231. The SMILES string of the molecule is CCNc1ccc2c(=O)c(C(=O)O)cn(CC)c2n1. The number of pyridine rings is 2. The minimum atomic E-state index is -1.22. The number of hydrogen-bond acceptors (Lipinski definition) is 4. The molecule has 0 radical (unpaired) electrons. The van der Waals surface area contributed by atoms with E-state index < -0.39 is 11.4 Å². The van der Waals surface area contributed by atoms with Crippen LogP contribution in [0.25, 0.3) is 11.0 Å². The van der Waals surface area contributed by atoms with Gasteiger partial charge in [-0.3, -0.25) is 4.79 Å². The van der Waals surface area contributed by atoms with Crippen LogP contribution in [0.2, 0.25) is 0 Å². The summed E-state index contributed by atoms with van der Waals surface area (Å²) in [7, 11) is 0. The van der Waals surface area contributed by atoms with Gasteiger partial charge in [0.25, 0.3) is 0 Å². The van der Waals surface area contributed by atoms with E-state index in [2.05, 4.69) is 10.3 Å². The number of nitrogens with one attached hydrogen (secondary N) is 1. The monoisotopic (exact) mass is 261 g/mol. The standard InChI is InChI=1S/C13H15N3O3/c1-3-14-10-6-5-8-11(17)9(13(18)19)7-16(4-2)12(8)15-10/h5-7H,3-4H2,1-2H3,(H,14,15)(H,18,19). The molecule has 0 saturated carbocycles. The van der Waals surface area contributed by atoms with Gasteiger partial charge in [0.15, 0.2) is 0 Å². The maximum Gasteiger partial charge on any atom is 0.341 e. The lowest BCUT2D eigenvalue weighted by Crippen LogP contribution is -2.19. The van der Waals surface area contributed by atoms with Crippen LogP contribution in [0.5, 0.6) is 0 Å². The number of nitrogens with zero attached hydrogens (tertiary/aromatic N) is 2. The smallest absolute Gasteiger partial charge is 0.341 e. The van der Waals surface area contributed by atoms with E-state index in [1.807, 2.05) is 13.8 Å². The minimum absolute atomic E-state index is 0.229. The molecule has 0 amide bonds. The first-order valence-electron chi connectivity index (χ1n) is 6.09. The van der Waals surface area contributed by atoms with Gasteiger partial charge in [-0.1, -0.05) is 0 Å². The van der Waals surface area contributed by atoms with Crippen LogP contribution in [-0.4, -0.2) is 27.2 Å². The molecule has 0 aliphatic rings. The van der Waals surface area contributed by atoms with Gasteiger partial charge >= 0.3 is 5.97 Å². The lowest BCUT2D eigenvalue weighted by Gasteiger charge is -2.10. The van der Waals surface area contributed by atoms with Crippen molar-refractivity contribution in [3.05, 3.63) is 34.1 Å². The van der Waals surface area contributed by atoms with Gasteiger partial charge in [0.05, 0.1) is 5.39 Å². The second-order valence-corrected chi connectivity index (χ2v) is 4.06. The van der Waals surface area contributed by atoms with E-state index in [1.165, 1.54) is 6.20 Å². The zero-order valence-corrected chi connectivity index (χ0v) is 10.8. The first-order valence-corrected chi connectivity index (χ1v) is 6.09. The van der Waals surface area contributed by atoms with Gasteiger partial charge in [0.2, 0.25) is 5.43 Å². The molecular formula is C13H15N3O3. The first kappa shape index (κ1) is 13.1. The van der Waals surface area contributed by atoms with Crippen molar-refractivity contribution in [2.75, 3.05) is 11.9 Å². The molecule has 2 rings (SSSR count). The number of fused-ring (bicyclic) bond motifs is 1. The Kier molecular flexibility index (Phi) is 3.50. The van der Waals surface area contributed by atoms with Gasteiger partial charge in [-0.25, -0.2) is 9.78 Å². The van der Waals surface area contributed by atoms with Gasteiger partial charge in [0, 0.05) is 19.3 Å². The summed E-state index contributed by atoms with van der Waals surface area (Å²) in [6, 6.07) is 3.29. The number of aromatic nitrogens is 2. The number of anilines is 1. The Morgan fingerprint density at radius 1 is 1.42 bits per heavy atom. The zero-order valence-electron chi connectivity index (χ0n) is 10.8. The van der Waals surface area contributed by atoms with E-state index in [-0.39, 0.29) is 5.56 Å². The van der Waals surface area contributed by atoms with Crippen molar-refractivity contribution in [1.29, 1.82) is 0 Å². The fraction of sp³-hybridized carbons (Fsp3) is 0.308. The summed E-state index contributed by atoms with van der Waals surface area (Å²) in [6.45, 7) is 5.09. The lowest BCUT2D eigenvalue weighted by atomic mass is 10.2. The average Bonchev–Trinajstić information content (AvgIpc) is 2.39. The average molecular weight is 261 g/mol. The molecule has 100 valence electrons. The quantitative estimate of drug-likeness (QED) is 0.872. The summed E-state index contributed by atoms with van der Waals surface area (Å²) in [6.07, 6.45) is 1.34. The summed E-state index contributed by atoms with van der Waals surface area (Å²) in [4.78, 5) is 27.5. The number of carbonyl (C=O) groups is 1. The molecule has 19 heavy (non-hydrogen) atoms. The Labute approximate surface area is 109 Å². The predicted octanol–water partition coefficient (Wildman–Crippen LogP) is 1.55. The number of rotatable bonds is 4. The molecule has 6 nitrogen and oxygen atoms in total. The number of aryl methyl sites for hydroxylation is 1. The van der Waals surface area contributed by atoms with Crippen LogP contribution in [-0.2, 0) is 6.54 Å². The molecule has 2 heterocycles. The van der Waals surface area contributed by atoms with Crippen molar-refractivity contribution >= 4 is 22.8 Å². The Morgan fingerprint density at radius 3 is 2.74 bits per heavy atom. The van der Waals surface area contributed by atoms with Crippen LogP contribution >= 0.6 is 0 Å².